The molecule has 0 amide bonds. The first-order chi connectivity index (χ1) is 9.49. The van der Waals surface area contributed by atoms with Crippen molar-refractivity contribution in [3.8, 4) is 0 Å². The van der Waals surface area contributed by atoms with E-state index < -0.39 is 22.7 Å². The van der Waals surface area contributed by atoms with Crippen molar-refractivity contribution in [3.05, 3.63) is 33.9 Å². The largest absolute Gasteiger partial charge is 0.477 e. The number of carboxylic acids is 1. The first-order valence-electron chi connectivity index (χ1n) is 6.45. The highest BCUT2D eigenvalue weighted by molar-refractivity contribution is 5.93. The number of hydrogen-bond donors (Lipinski definition) is 3. The molecule has 7 heteroatoms. The van der Waals surface area contributed by atoms with Gasteiger partial charge in [0.15, 0.2) is 0 Å². The molecule has 7 nitrogen and oxygen atoms in total. The molecule has 3 N–H and O–H groups in total. The highest BCUT2D eigenvalue weighted by atomic mass is 16.6. The second-order valence-electron chi connectivity index (χ2n) is 4.90. The molecule has 1 saturated carbocycles. The fourth-order valence-corrected chi connectivity index (χ4v) is 2.45. The van der Waals surface area contributed by atoms with Crippen LogP contribution in [0, 0.1) is 10.1 Å². The molecule has 1 fully saturated rings. The van der Waals surface area contributed by atoms with E-state index in [2.05, 4.69) is 5.32 Å². The average Bonchev–Trinajstić information content (AvgIpc) is 2.41. The summed E-state index contributed by atoms with van der Waals surface area (Å²) in [5.74, 6) is -1.33. The van der Waals surface area contributed by atoms with E-state index >= 15 is 0 Å². The number of nitro groups is 1. The van der Waals surface area contributed by atoms with E-state index in [1.807, 2.05) is 0 Å². The number of anilines is 1. The zero-order chi connectivity index (χ0) is 14.7. The van der Waals surface area contributed by atoms with Gasteiger partial charge in [-0.05, 0) is 25.0 Å². The molecule has 108 valence electrons. The third-order valence-corrected chi connectivity index (χ3v) is 3.51. The molecule has 1 aliphatic carbocycles. The summed E-state index contributed by atoms with van der Waals surface area (Å²) in [4.78, 5) is 21.1. The number of hydrogen-bond acceptors (Lipinski definition) is 5. The van der Waals surface area contributed by atoms with Crippen molar-refractivity contribution in [2.45, 2.75) is 37.8 Å². The molecular formula is C13H16N2O5. The number of aliphatic hydroxyl groups excluding tert-OH is 1. The van der Waals surface area contributed by atoms with Crippen LogP contribution in [-0.2, 0) is 0 Å². The minimum atomic E-state index is -1.33. The Kier molecular flexibility index (Phi) is 4.19. The van der Waals surface area contributed by atoms with Gasteiger partial charge in [-0.2, -0.15) is 0 Å². The van der Waals surface area contributed by atoms with Crippen molar-refractivity contribution < 1.29 is 19.9 Å². The minimum absolute atomic E-state index is 0.154. The van der Waals surface area contributed by atoms with E-state index in [-0.39, 0.29) is 11.6 Å². The SMILES string of the molecule is O=C(O)c1ccc(NC2CCCCC2O)cc1[N+](=O)[O-]. The molecular weight excluding hydrogens is 264 g/mol. The number of aliphatic hydroxyl groups is 1. The van der Waals surface area contributed by atoms with E-state index in [0.29, 0.717) is 12.1 Å². The van der Waals surface area contributed by atoms with Crippen molar-refractivity contribution in [3.63, 3.8) is 0 Å². The molecule has 0 aromatic heterocycles. The Morgan fingerprint density at radius 2 is 2.05 bits per heavy atom. The van der Waals surface area contributed by atoms with Gasteiger partial charge in [-0.1, -0.05) is 12.8 Å². The van der Waals surface area contributed by atoms with E-state index in [9.17, 15) is 20.0 Å². The van der Waals surface area contributed by atoms with Crippen LogP contribution in [0.2, 0.25) is 0 Å². The van der Waals surface area contributed by atoms with Crippen LogP contribution in [0.25, 0.3) is 0 Å². The standard InChI is InChI=1S/C13H16N2O5/c16-12-4-2-1-3-10(12)14-8-5-6-9(13(17)18)11(7-8)15(19)20/h5-7,10,12,14,16H,1-4H2,(H,17,18). The Morgan fingerprint density at radius 1 is 1.35 bits per heavy atom. The van der Waals surface area contributed by atoms with Gasteiger partial charge in [0.05, 0.1) is 17.1 Å². The smallest absolute Gasteiger partial charge is 0.342 e. The van der Waals surface area contributed by atoms with Crippen molar-refractivity contribution in [2.75, 3.05) is 5.32 Å². The lowest BCUT2D eigenvalue weighted by atomic mass is 9.92. The lowest BCUT2D eigenvalue weighted by Crippen LogP contribution is -2.36. The zero-order valence-electron chi connectivity index (χ0n) is 10.8. The Hall–Kier alpha value is -2.15. The van der Waals surface area contributed by atoms with Crippen LogP contribution in [0.4, 0.5) is 11.4 Å². The fourth-order valence-electron chi connectivity index (χ4n) is 2.45. The first kappa shape index (κ1) is 14.3. The van der Waals surface area contributed by atoms with Gasteiger partial charge < -0.3 is 15.5 Å². The molecule has 2 atom stereocenters. The molecule has 0 radical (unpaired) electrons. The number of nitrogens with zero attached hydrogens (tertiary/aromatic N) is 1. The van der Waals surface area contributed by atoms with Gasteiger partial charge in [-0.15, -0.1) is 0 Å². The average molecular weight is 280 g/mol. The lowest BCUT2D eigenvalue weighted by molar-refractivity contribution is -0.385. The second-order valence-corrected chi connectivity index (χ2v) is 4.90. The monoisotopic (exact) mass is 280 g/mol. The number of benzene rings is 1. The summed E-state index contributed by atoms with van der Waals surface area (Å²) in [7, 11) is 0. The molecule has 0 heterocycles. The van der Waals surface area contributed by atoms with Gasteiger partial charge in [-0.3, -0.25) is 10.1 Å². The van der Waals surface area contributed by atoms with Gasteiger partial charge in [0.1, 0.15) is 5.56 Å². The van der Waals surface area contributed by atoms with Crippen molar-refractivity contribution >= 4 is 17.3 Å². The van der Waals surface area contributed by atoms with Crippen molar-refractivity contribution in [2.24, 2.45) is 0 Å². The number of nitro benzene ring substituents is 1. The summed E-state index contributed by atoms with van der Waals surface area (Å²) in [5, 5.41) is 32.7. The quantitative estimate of drug-likeness (QED) is 0.574. The number of nitrogens with one attached hydrogen (secondary N) is 1. The van der Waals surface area contributed by atoms with Gasteiger partial charge in [0.2, 0.25) is 0 Å². The van der Waals surface area contributed by atoms with Crippen molar-refractivity contribution in [1.82, 2.24) is 0 Å². The predicted molar refractivity (Wildman–Crippen MR) is 71.9 cm³/mol. The molecule has 20 heavy (non-hydrogen) atoms. The predicted octanol–water partition coefficient (Wildman–Crippen LogP) is 2.01. The van der Waals surface area contributed by atoms with E-state index in [4.69, 9.17) is 5.11 Å². The van der Waals surface area contributed by atoms with Crippen LogP contribution >= 0.6 is 0 Å². The molecule has 0 saturated heterocycles. The molecule has 2 rings (SSSR count). The Balaban J connectivity index is 2.22. The van der Waals surface area contributed by atoms with Crippen LogP contribution in [0.5, 0.6) is 0 Å². The van der Waals surface area contributed by atoms with Crippen LogP contribution in [0.15, 0.2) is 18.2 Å². The second kappa shape index (κ2) is 5.87. The minimum Gasteiger partial charge on any atom is -0.477 e. The fraction of sp³-hybridized carbons (Fsp3) is 0.462. The molecule has 1 aromatic rings. The molecule has 1 aliphatic rings. The maximum atomic E-state index is 10.9. The third kappa shape index (κ3) is 3.05. The van der Waals surface area contributed by atoms with Gasteiger partial charge in [-0.25, -0.2) is 4.79 Å². The molecule has 0 aliphatic heterocycles. The first-order valence-corrected chi connectivity index (χ1v) is 6.45. The lowest BCUT2D eigenvalue weighted by Gasteiger charge is -2.29. The van der Waals surface area contributed by atoms with Crippen LogP contribution < -0.4 is 5.32 Å². The van der Waals surface area contributed by atoms with Crippen LogP contribution in [0.3, 0.4) is 0 Å². The summed E-state index contributed by atoms with van der Waals surface area (Å²) in [5.41, 5.74) is -0.342. The summed E-state index contributed by atoms with van der Waals surface area (Å²) in [6.45, 7) is 0. The Bertz CT molecular complexity index is 531. The van der Waals surface area contributed by atoms with E-state index in [1.165, 1.54) is 18.2 Å². The molecule has 0 bridgehead atoms. The van der Waals surface area contributed by atoms with Gasteiger partial charge >= 0.3 is 5.97 Å². The Labute approximate surface area is 115 Å². The summed E-state index contributed by atoms with van der Waals surface area (Å²) in [6, 6.07) is 3.74. The van der Waals surface area contributed by atoms with Crippen LogP contribution in [-0.4, -0.2) is 33.3 Å². The summed E-state index contributed by atoms with van der Waals surface area (Å²) in [6.07, 6.45) is 2.96. The van der Waals surface area contributed by atoms with Gasteiger partial charge in [0.25, 0.3) is 5.69 Å². The van der Waals surface area contributed by atoms with E-state index in [0.717, 1.165) is 19.3 Å². The topological polar surface area (TPSA) is 113 Å². The number of carboxylic acid groups (broad SMARTS) is 1. The number of carbonyl (C=O) groups is 1. The van der Waals surface area contributed by atoms with Crippen LogP contribution in [0.1, 0.15) is 36.0 Å². The van der Waals surface area contributed by atoms with Crippen molar-refractivity contribution in [1.29, 1.82) is 0 Å². The van der Waals surface area contributed by atoms with E-state index in [1.54, 1.807) is 0 Å². The maximum Gasteiger partial charge on any atom is 0.342 e. The zero-order valence-corrected chi connectivity index (χ0v) is 10.8. The molecule has 2 unspecified atom stereocenters. The highest BCUT2D eigenvalue weighted by Crippen LogP contribution is 2.27. The summed E-state index contributed by atoms with van der Waals surface area (Å²) < 4.78 is 0. The Morgan fingerprint density at radius 3 is 2.65 bits per heavy atom. The third-order valence-electron chi connectivity index (χ3n) is 3.51. The number of rotatable bonds is 4. The summed E-state index contributed by atoms with van der Waals surface area (Å²) >= 11 is 0. The molecule has 0 spiro atoms. The molecule has 1 aromatic carbocycles. The number of aromatic carboxylic acids is 1. The highest BCUT2D eigenvalue weighted by Gasteiger charge is 2.25. The maximum absolute atomic E-state index is 10.9. The van der Waals surface area contributed by atoms with Gasteiger partial charge in [0, 0.05) is 11.8 Å². The normalized spacial score (nSPS) is 22.2.